The van der Waals surface area contributed by atoms with Crippen molar-refractivity contribution in [2.45, 2.75) is 58.4 Å². The topological polar surface area (TPSA) is 12.0 Å². The van der Waals surface area contributed by atoms with Crippen LogP contribution >= 0.6 is 0 Å². The third-order valence-corrected chi connectivity index (χ3v) is 4.83. The average molecular weight is 277 g/mol. The molecule has 1 unspecified atom stereocenters. The molecule has 20 heavy (non-hydrogen) atoms. The van der Waals surface area contributed by atoms with Gasteiger partial charge in [0, 0.05) is 6.04 Å². The molecule has 1 N–H and O–H groups in total. The Hall–Kier alpha value is -0.890. The number of hydrogen-bond acceptors (Lipinski definition) is 1. The molecule has 1 aliphatic carbocycles. The van der Waals surface area contributed by atoms with Crippen molar-refractivity contribution in [1.29, 1.82) is 0 Å². The maximum atomic E-state index is 13.4. The minimum atomic E-state index is -0.123. The molecular weight excluding hydrogens is 249 g/mol. The molecule has 1 atom stereocenters. The van der Waals surface area contributed by atoms with E-state index in [1.54, 1.807) is 6.07 Å². The SMILES string of the molecule is CNC(Cc1cccc(F)c1)C1(CC(C)C)CCCC1. The Morgan fingerprint density at radius 3 is 2.50 bits per heavy atom. The molecule has 1 saturated carbocycles. The van der Waals surface area contributed by atoms with Gasteiger partial charge in [-0.1, -0.05) is 38.8 Å². The Balaban J connectivity index is 2.16. The Kier molecular flexibility index (Phi) is 5.20. The molecule has 1 aromatic carbocycles. The van der Waals surface area contributed by atoms with Crippen LogP contribution in [0.15, 0.2) is 24.3 Å². The van der Waals surface area contributed by atoms with E-state index in [9.17, 15) is 4.39 Å². The summed E-state index contributed by atoms with van der Waals surface area (Å²) in [5.41, 5.74) is 1.51. The van der Waals surface area contributed by atoms with E-state index in [4.69, 9.17) is 0 Å². The van der Waals surface area contributed by atoms with Crippen LogP contribution in [0.1, 0.15) is 51.5 Å². The highest BCUT2D eigenvalue weighted by Gasteiger charge is 2.40. The van der Waals surface area contributed by atoms with Crippen molar-refractivity contribution in [3.63, 3.8) is 0 Å². The highest BCUT2D eigenvalue weighted by atomic mass is 19.1. The highest BCUT2D eigenvalue weighted by molar-refractivity contribution is 5.18. The van der Waals surface area contributed by atoms with Gasteiger partial charge in [0.15, 0.2) is 0 Å². The van der Waals surface area contributed by atoms with Gasteiger partial charge in [-0.15, -0.1) is 0 Å². The molecule has 2 rings (SSSR count). The second kappa shape index (κ2) is 6.71. The molecule has 0 aromatic heterocycles. The molecule has 0 spiro atoms. The minimum Gasteiger partial charge on any atom is -0.316 e. The smallest absolute Gasteiger partial charge is 0.123 e. The fourth-order valence-corrected chi connectivity index (χ4v) is 4.11. The van der Waals surface area contributed by atoms with Gasteiger partial charge in [-0.3, -0.25) is 0 Å². The van der Waals surface area contributed by atoms with Crippen molar-refractivity contribution in [2.75, 3.05) is 7.05 Å². The monoisotopic (exact) mass is 277 g/mol. The Morgan fingerprint density at radius 1 is 1.25 bits per heavy atom. The lowest BCUT2D eigenvalue weighted by molar-refractivity contribution is 0.160. The van der Waals surface area contributed by atoms with Gasteiger partial charge in [0.2, 0.25) is 0 Å². The molecule has 0 aliphatic heterocycles. The van der Waals surface area contributed by atoms with Crippen LogP contribution in [0.2, 0.25) is 0 Å². The van der Waals surface area contributed by atoms with Crippen molar-refractivity contribution in [3.8, 4) is 0 Å². The van der Waals surface area contributed by atoms with Gasteiger partial charge in [0.1, 0.15) is 5.82 Å². The van der Waals surface area contributed by atoms with Crippen molar-refractivity contribution in [3.05, 3.63) is 35.6 Å². The number of nitrogens with one attached hydrogen (secondary N) is 1. The number of likely N-dealkylation sites (N-methyl/N-ethyl adjacent to an activating group) is 1. The van der Waals surface area contributed by atoms with Gasteiger partial charge in [0.05, 0.1) is 0 Å². The van der Waals surface area contributed by atoms with Crippen LogP contribution in [-0.2, 0) is 6.42 Å². The lowest BCUT2D eigenvalue weighted by Gasteiger charge is -2.39. The predicted octanol–water partition coefficient (Wildman–Crippen LogP) is 4.56. The molecule has 2 heteroatoms. The van der Waals surface area contributed by atoms with E-state index < -0.39 is 0 Å². The largest absolute Gasteiger partial charge is 0.316 e. The van der Waals surface area contributed by atoms with Crippen LogP contribution in [0, 0.1) is 17.2 Å². The van der Waals surface area contributed by atoms with Gasteiger partial charge in [0.25, 0.3) is 0 Å². The Bertz CT molecular complexity index is 421. The zero-order valence-electron chi connectivity index (χ0n) is 13.1. The van der Waals surface area contributed by atoms with Crippen LogP contribution in [0.5, 0.6) is 0 Å². The van der Waals surface area contributed by atoms with Crippen LogP contribution in [0.25, 0.3) is 0 Å². The fourth-order valence-electron chi connectivity index (χ4n) is 4.11. The number of rotatable bonds is 6. The quantitative estimate of drug-likeness (QED) is 0.803. The third-order valence-electron chi connectivity index (χ3n) is 4.83. The lowest BCUT2D eigenvalue weighted by Crippen LogP contribution is -2.44. The number of halogens is 1. The van der Waals surface area contributed by atoms with E-state index in [-0.39, 0.29) is 5.82 Å². The maximum Gasteiger partial charge on any atom is 0.123 e. The van der Waals surface area contributed by atoms with Gasteiger partial charge < -0.3 is 5.32 Å². The van der Waals surface area contributed by atoms with Crippen LogP contribution < -0.4 is 5.32 Å². The average Bonchev–Trinajstić information content (AvgIpc) is 2.84. The first-order chi connectivity index (χ1) is 9.55. The Morgan fingerprint density at radius 2 is 1.95 bits per heavy atom. The van der Waals surface area contributed by atoms with Gasteiger partial charge >= 0.3 is 0 Å². The maximum absolute atomic E-state index is 13.4. The van der Waals surface area contributed by atoms with Crippen molar-refractivity contribution >= 4 is 0 Å². The number of benzene rings is 1. The summed E-state index contributed by atoms with van der Waals surface area (Å²) in [6.07, 6.45) is 7.51. The van der Waals surface area contributed by atoms with Crippen molar-refractivity contribution < 1.29 is 4.39 Å². The first-order valence-electron chi connectivity index (χ1n) is 7.97. The second-order valence-corrected chi connectivity index (χ2v) is 6.84. The van der Waals surface area contributed by atoms with E-state index in [1.165, 1.54) is 38.2 Å². The third kappa shape index (κ3) is 3.60. The highest BCUT2D eigenvalue weighted by Crippen LogP contribution is 2.46. The molecule has 112 valence electrons. The minimum absolute atomic E-state index is 0.123. The molecule has 1 aliphatic rings. The predicted molar refractivity (Wildman–Crippen MR) is 83.3 cm³/mol. The first-order valence-corrected chi connectivity index (χ1v) is 7.97. The van der Waals surface area contributed by atoms with Crippen molar-refractivity contribution in [2.24, 2.45) is 11.3 Å². The zero-order chi connectivity index (χ0) is 14.6. The second-order valence-electron chi connectivity index (χ2n) is 6.84. The summed E-state index contributed by atoms with van der Waals surface area (Å²) >= 11 is 0. The van der Waals surface area contributed by atoms with Crippen LogP contribution in [0.3, 0.4) is 0 Å². The van der Waals surface area contributed by atoms with Gasteiger partial charge in [-0.2, -0.15) is 0 Å². The van der Waals surface area contributed by atoms with Gasteiger partial charge in [-0.25, -0.2) is 4.39 Å². The molecule has 1 aromatic rings. The number of hydrogen-bond donors (Lipinski definition) is 1. The summed E-state index contributed by atoms with van der Waals surface area (Å²) in [7, 11) is 2.06. The molecule has 0 saturated heterocycles. The van der Waals surface area contributed by atoms with Crippen LogP contribution in [0.4, 0.5) is 4.39 Å². The van der Waals surface area contributed by atoms with E-state index >= 15 is 0 Å². The summed E-state index contributed by atoms with van der Waals surface area (Å²) in [6.45, 7) is 4.63. The van der Waals surface area contributed by atoms with E-state index in [0.29, 0.717) is 11.5 Å². The summed E-state index contributed by atoms with van der Waals surface area (Å²) < 4.78 is 13.4. The van der Waals surface area contributed by atoms with E-state index in [1.807, 2.05) is 12.1 Å². The summed E-state index contributed by atoms with van der Waals surface area (Å²) in [5, 5.41) is 3.54. The normalized spacial score (nSPS) is 19.4. The molecule has 1 nitrogen and oxygen atoms in total. The summed E-state index contributed by atoms with van der Waals surface area (Å²) in [4.78, 5) is 0. The molecule has 0 heterocycles. The van der Waals surface area contributed by atoms with Gasteiger partial charge in [-0.05, 0) is 61.8 Å². The molecule has 0 amide bonds. The molecule has 0 radical (unpaired) electrons. The van der Waals surface area contributed by atoms with Crippen molar-refractivity contribution in [1.82, 2.24) is 5.32 Å². The van der Waals surface area contributed by atoms with E-state index in [2.05, 4.69) is 26.2 Å². The van der Waals surface area contributed by atoms with E-state index in [0.717, 1.165) is 17.9 Å². The standard InChI is InChI=1S/C18H28FN/c1-14(2)13-18(9-4-5-10-18)17(20-3)12-15-7-6-8-16(19)11-15/h6-8,11,14,17,20H,4-5,9-10,12-13H2,1-3H3. The molecular formula is C18H28FN. The fraction of sp³-hybridized carbons (Fsp3) is 0.667. The Labute approximate surface area is 123 Å². The first kappa shape index (κ1) is 15.5. The summed E-state index contributed by atoms with van der Waals surface area (Å²) in [6, 6.07) is 7.53. The molecule has 0 bridgehead atoms. The zero-order valence-corrected chi connectivity index (χ0v) is 13.1. The van der Waals surface area contributed by atoms with Crippen LogP contribution in [-0.4, -0.2) is 13.1 Å². The summed E-state index contributed by atoms with van der Waals surface area (Å²) in [5.74, 6) is 0.596. The molecule has 1 fully saturated rings. The lowest BCUT2D eigenvalue weighted by atomic mass is 9.71.